The molecule has 0 aromatic heterocycles. The van der Waals surface area contributed by atoms with Gasteiger partial charge in [-0.3, -0.25) is 4.79 Å². The molecular weight excluding hydrogens is 308 g/mol. The molecule has 6 nitrogen and oxygen atoms in total. The Hall–Kier alpha value is -1.79. The molecule has 2 fully saturated rings. The number of ether oxygens (including phenoxy) is 3. The molecule has 0 radical (unpaired) electrons. The molecule has 0 saturated carbocycles. The van der Waals surface area contributed by atoms with Gasteiger partial charge in [-0.15, -0.1) is 0 Å². The van der Waals surface area contributed by atoms with Crippen LogP contribution in [-0.2, 0) is 9.53 Å². The minimum absolute atomic E-state index is 0.000582. The normalized spacial score (nSPS) is 24.3. The number of amides is 1. The Bertz CT molecular complexity index is 566. The van der Waals surface area contributed by atoms with Crippen LogP contribution in [0.5, 0.6) is 11.5 Å². The monoisotopic (exact) mass is 334 g/mol. The van der Waals surface area contributed by atoms with Crippen LogP contribution in [0.1, 0.15) is 6.92 Å². The first-order valence-electron chi connectivity index (χ1n) is 8.58. The summed E-state index contributed by atoms with van der Waals surface area (Å²) in [7, 11) is 1.59. The van der Waals surface area contributed by atoms with Gasteiger partial charge < -0.3 is 24.0 Å². The molecule has 1 aromatic rings. The van der Waals surface area contributed by atoms with Crippen molar-refractivity contribution in [2.75, 3.05) is 53.0 Å². The highest BCUT2D eigenvalue weighted by atomic mass is 16.5. The second-order valence-electron chi connectivity index (χ2n) is 6.30. The number of methoxy groups -OCH3 is 1. The van der Waals surface area contributed by atoms with Crippen molar-refractivity contribution in [3.63, 3.8) is 0 Å². The highest BCUT2D eigenvalue weighted by molar-refractivity contribution is 5.78. The van der Waals surface area contributed by atoms with E-state index in [4.69, 9.17) is 14.2 Å². The molecule has 0 N–H and O–H groups in total. The van der Waals surface area contributed by atoms with Crippen LogP contribution >= 0.6 is 0 Å². The van der Waals surface area contributed by atoms with Crippen molar-refractivity contribution in [1.82, 2.24) is 9.80 Å². The minimum atomic E-state index is 0.000582. The summed E-state index contributed by atoms with van der Waals surface area (Å²) in [6, 6.07) is 7.37. The van der Waals surface area contributed by atoms with Crippen molar-refractivity contribution in [1.29, 1.82) is 0 Å². The van der Waals surface area contributed by atoms with Gasteiger partial charge in [0, 0.05) is 32.1 Å². The summed E-state index contributed by atoms with van der Waals surface area (Å²) in [5.41, 5.74) is 0. The number of carbonyl (C=O) groups is 1. The zero-order valence-electron chi connectivity index (χ0n) is 14.4. The van der Waals surface area contributed by atoms with Crippen molar-refractivity contribution in [3.8, 4) is 11.5 Å². The van der Waals surface area contributed by atoms with Crippen molar-refractivity contribution in [3.05, 3.63) is 24.3 Å². The van der Waals surface area contributed by atoms with E-state index < -0.39 is 0 Å². The number of nitrogens with zero attached hydrogens (tertiary/aromatic N) is 2. The predicted octanol–water partition coefficient (Wildman–Crippen LogP) is 1.25. The Labute approximate surface area is 143 Å². The number of carbonyl (C=O) groups excluding carboxylic acids is 1. The summed E-state index contributed by atoms with van der Waals surface area (Å²) in [5.74, 6) is 1.62. The topological polar surface area (TPSA) is 51.2 Å². The summed E-state index contributed by atoms with van der Waals surface area (Å²) < 4.78 is 16.8. The van der Waals surface area contributed by atoms with E-state index in [-0.39, 0.29) is 18.6 Å². The fourth-order valence-electron chi connectivity index (χ4n) is 3.42. The van der Waals surface area contributed by atoms with Gasteiger partial charge in [0.05, 0.1) is 19.8 Å². The fraction of sp³-hybridized carbons (Fsp3) is 0.611. The van der Waals surface area contributed by atoms with Crippen molar-refractivity contribution >= 4 is 5.91 Å². The third-order valence-electron chi connectivity index (χ3n) is 4.83. The van der Waals surface area contributed by atoms with Crippen LogP contribution in [0.3, 0.4) is 0 Å². The molecule has 0 aliphatic carbocycles. The standard InChI is InChI=1S/C18H26N2O4/c1-3-19-8-9-23-17-12-20(11-14(17)10-19)18(21)13-24-16-7-5-4-6-15(16)22-2/h4-7,14,17H,3,8-13H2,1-2H3/t14-,17+/m0/s1. The molecular formula is C18H26N2O4. The number of para-hydroxylation sites is 2. The van der Waals surface area contributed by atoms with E-state index in [1.165, 1.54) is 0 Å². The molecule has 0 bridgehead atoms. The highest BCUT2D eigenvalue weighted by Crippen LogP contribution is 2.27. The fourth-order valence-corrected chi connectivity index (χ4v) is 3.42. The van der Waals surface area contributed by atoms with Crippen LogP contribution in [0.25, 0.3) is 0 Å². The van der Waals surface area contributed by atoms with Crippen molar-refractivity contribution < 1.29 is 19.0 Å². The van der Waals surface area contributed by atoms with E-state index in [0.29, 0.717) is 24.0 Å². The van der Waals surface area contributed by atoms with Crippen molar-refractivity contribution in [2.45, 2.75) is 13.0 Å². The molecule has 24 heavy (non-hydrogen) atoms. The first-order chi connectivity index (χ1) is 11.7. The van der Waals surface area contributed by atoms with E-state index >= 15 is 0 Å². The molecule has 0 unspecified atom stereocenters. The molecule has 6 heteroatoms. The molecule has 3 rings (SSSR count). The van der Waals surface area contributed by atoms with E-state index in [9.17, 15) is 4.79 Å². The number of benzene rings is 1. The van der Waals surface area contributed by atoms with Crippen LogP contribution in [0.2, 0.25) is 0 Å². The first kappa shape index (κ1) is 17.0. The van der Waals surface area contributed by atoms with Gasteiger partial charge in [0.15, 0.2) is 18.1 Å². The number of hydrogen-bond acceptors (Lipinski definition) is 5. The molecule has 0 spiro atoms. The molecule has 2 saturated heterocycles. The van der Waals surface area contributed by atoms with Crippen LogP contribution in [0, 0.1) is 5.92 Å². The average Bonchev–Trinajstić information content (AvgIpc) is 2.91. The quantitative estimate of drug-likeness (QED) is 0.811. The number of rotatable bonds is 5. The Morgan fingerprint density at radius 2 is 2.04 bits per heavy atom. The second-order valence-corrected chi connectivity index (χ2v) is 6.30. The second kappa shape index (κ2) is 7.85. The predicted molar refractivity (Wildman–Crippen MR) is 90.4 cm³/mol. The Morgan fingerprint density at radius 3 is 2.79 bits per heavy atom. The maximum Gasteiger partial charge on any atom is 0.260 e. The molecule has 2 heterocycles. The van der Waals surface area contributed by atoms with E-state index in [2.05, 4.69) is 11.8 Å². The van der Waals surface area contributed by atoms with E-state index in [0.717, 1.165) is 32.8 Å². The van der Waals surface area contributed by atoms with Gasteiger partial charge in [0.2, 0.25) is 0 Å². The van der Waals surface area contributed by atoms with Gasteiger partial charge in [-0.25, -0.2) is 0 Å². The maximum absolute atomic E-state index is 12.5. The lowest BCUT2D eigenvalue weighted by molar-refractivity contribution is -0.133. The number of fused-ring (bicyclic) bond motifs is 1. The largest absolute Gasteiger partial charge is 0.493 e. The lowest BCUT2D eigenvalue weighted by Crippen LogP contribution is -2.36. The Kier molecular flexibility index (Phi) is 5.58. The van der Waals surface area contributed by atoms with Gasteiger partial charge in [-0.1, -0.05) is 19.1 Å². The van der Waals surface area contributed by atoms with E-state index in [1.54, 1.807) is 7.11 Å². The molecule has 132 valence electrons. The van der Waals surface area contributed by atoms with Gasteiger partial charge in [-0.05, 0) is 18.7 Å². The zero-order valence-corrected chi connectivity index (χ0v) is 14.4. The maximum atomic E-state index is 12.5. The first-order valence-corrected chi connectivity index (χ1v) is 8.58. The van der Waals surface area contributed by atoms with Crippen LogP contribution in [-0.4, -0.2) is 74.9 Å². The lowest BCUT2D eigenvalue weighted by atomic mass is 10.1. The lowest BCUT2D eigenvalue weighted by Gasteiger charge is -2.21. The third-order valence-corrected chi connectivity index (χ3v) is 4.83. The van der Waals surface area contributed by atoms with Crippen molar-refractivity contribution in [2.24, 2.45) is 5.92 Å². The van der Waals surface area contributed by atoms with Crippen LogP contribution < -0.4 is 9.47 Å². The summed E-state index contributed by atoms with van der Waals surface area (Å²) in [6.07, 6.45) is 0.150. The molecule has 1 aromatic carbocycles. The van der Waals surface area contributed by atoms with Crippen LogP contribution in [0.4, 0.5) is 0 Å². The summed E-state index contributed by atoms with van der Waals surface area (Å²) in [6.45, 7) is 7.35. The summed E-state index contributed by atoms with van der Waals surface area (Å²) in [5, 5.41) is 0. The third kappa shape index (κ3) is 3.82. The van der Waals surface area contributed by atoms with E-state index in [1.807, 2.05) is 29.2 Å². The molecule has 1 amide bonds. The highest BCUT2D eigenvalue weighted by Gasteiger charge is 2.38. The number of likely N-dealkylation sites (N-methyl/N-ethyl adjacent to an activating group) is 1. The van der Waals surface area contributed by atoms with Gasteiger partial charge >= 0.3 is 0 Å². The Balaban J connectivity index is 1.55. The van der Waals surface area contributed by atoms with Gasteiger partial charge in [0.25, 0.3) is 5.91 Å². The SMILES string of the molecule is CCN1CCO[C@@H]2CN(C(=O)COc3ccccc3OC)C[C@@H]2C1. The average molecular weight is 334 g/mol. The summed E-state index contributed by atoms with van der Waals surface area (Å²) >= 11 is 0. The minimum Gasteiger partial charge on any atom is -0.493 e. The Morgan fingerprint density at radius 1 is 1.25 bits per heavy atom. The van der Waals surface area contributed by atoms with Gasteiger partial charge in [-0.2, -0.15) is 0 Å². The molecule has 2 aliphatic heterocycles. The van der Waals surface area contributed by atoms with Gasteiger partial charge in [0.1, 0.15) is 0 Å². The van der Waals surface area contributed by atoms with Crippen LogP contribution in [0.15, 0.2) is 24.3 Å². The summed E-state index contributed by atoms with van der Waals surface area (Å²) in [4.78, 5) is 16.7. The smallest absolute Gasteiger partial charge is 0.260 e. The molecule has 2 atom stereocenters. The number of hydrogen-bond donors (Lipinski definition) is 0. The zero-order chi connectivity index (χ0) is 16.9. The number of likely N-dealkylation sites (tertiary alicyclic amines) is 1. The molecule has 2 aliphatic rings.